The van der Waals surface area contributed by atoms with E-state index < -0.39 is 29.0 Å². The Kier molecular flexibility index (Phi) is 7.34. The first-order valence-corrected chi connectivity index (χ1v) is 12.4. The monoisotopic (exact) mass is 538 g/mol. The zero-order chi connectivity index (χ0) is 27.6. The Balaban J connectivity index is 1.49. The number of rotatable bonds is 6. The zero-order valence-electron chi connectivity index (χ0n) is 21.0. The Bertz CT molecular complexity index is 1490. The molecular formula is C28H26F4N6O. The van der Waals surface area contributed by atoms with Crippen LogP contribution in [0.25, 0.3) is 11.1 Å². The molecule has 0 unspecified atom stereocenters. The van der Waals surface area contributed by atoms with Gasteiger partial charge in [0.25, 0.3) is 5.91 Å². The first-order chi connectivity index (χ1) is 18.7. The number of hydrogen-bond donors (Lipinski definition) is 3. The summed E-state index contributed by atoms with van der Waals surface area (Å²) in [6.45, 7) is 3.72. The standard InChI is InChI=1S/C28H26F4N6O/c1-17-4-2-3-5-24(17)36-26-25(37-27(39)18-10-21(28(30,31)32)13-22(29)11-18)12-19(14-34-26)20-15-35-38(16-20)23-6-8-33-9-7-23/h2-5,10-16,23,33H,6-9H2,1H3,(H,34,36)(H,37,39). The Morgan fingerprint density at radius 3 is 2.54 bits per heavy atom. The van der Waals surface area contributed by atoms with Crippen LogP contribution in [0.2, 0.25) is 0 Å². The van der Waals surface area contributed by atoms with Gasteiger partial charge in [0, 0.05) is 34.8 Å². The number of nitrogens with one attached hydrogen (secondary N) is 3. The van der Waals surface area contributed by atoms with E-state index in [1.807, 2.05) is 42.1 Å². The molecule has 3 heterocycles. The maximum absolute atomic E-state index is 14.0. The van der Waals surface area contributed by atoms with Crippen molar-refractivity contribution in [3.05, 3.63) is 89.6 Å². The molecular weight excluding hydrogens is 512 g/mol. The van der Waals surface area contributed by atoms with Crippen molar-refractivity contribution in [1.82, 2.24) is 20.1 Å². The number of alkyl halides is 3. The fourth-order valence-corrected chi connectivity index (χ4v) is 4.50. The molecule has 1 aliphatic heterocycles. The summed E-state index contributed by atoms with van der Waals surface area (Å²) in [4.78, 5) is 17.6. The molecule has 1 fully saturated rings. The molecule has 1 amide bonds. The predicted octanol–water partition coefficient (Wildman–Crippen LogP) is 6.33. The lowest BCUT2D eigenvalue weighted by atomic mass is 10.1. The third kappa shape index (κ3) is 6.09. The van der Waals surface area contributed by atoms with Gasteiger partial charge in [-0.1, -0.05) is 18.2 Å². The van der Waals surface area contributed by atoms with Crippen molar-refractivity contribution in [2.75, 3.05) is 23.7 Å². The number of aryl methyl sites for hydroxylation is 1. The van der Waals surface area contributed by atoms with Gasteiger partial charge in [-0.3, -0.25) is 9.48 Å². The van der Waals surface area contributed by atoms with Gasteiger partial charge in [-0.15, -0.1) is 0 Å². The Hall–Kier alpha value is -4.25. The Morgan fingerprint density at radius 1 is 1.03 bits per heavy atom. The third-order valence-corrected chi connectivity index (χ3v) is 6.64. The van der Waals surface area contributed by atoms with Crippen molar-refractivity contribution in [2.24, 2.45) is 0 Å². The van der Waals surface area contributed by atoms with Gasteiger partial charge in [-0.05, 0) is 68.8 Å². The topological polar surface area (TPSA) is 83.9 Å². The van der Waals surface area contributed by atoms with Crippen molar-refractivity contribution in [3.63, 3.8) is 0 Å². The molecule has 3 N–H and O–H groups in total. The molecule has 2 aromatic carbocycles. The smallest absolute Gasteiger partial charge is 0.338 e. The highest BCUT2D eigenvalue weighted by molar-refractivity contribution is 6.06. The van der Waals surface area contributed by atoms with E-state index in [1.165, 1.54) is 0 Å². The summed E-state index contributed by atoms with van der Waals surface area (Å²) in [6, 6.07) is 11.1. The van der Waals surface area contributed by atoms with E-state index in [9.17, 15) is 22.4 Å². The number of halogens is 4. The van der Waals surface area contributed by atoms with Gasteiger partial charge in [0.15, 0.2) is 5.82 Å². The summed E-state index contributed by atoms with van der Waals surface area (Å²) in [6.07, 6.45) is 2.35. The molecule has 5 rings (SSSR count). The van der Waals surface area contributed by atoms with Crippen LogP contribution in [-0.4, -0.2) is 33.8 Å². The number of carbonyl (C=O) groups excluding carboxylic acids is 1. The number of carbonyl (C=O) groups is 1. The fraction of sp³-hybridized carbons (Fsp3) is 0.250. The summed E-state index contributed by atoms with van der Waals surface area (Å²) >= 11 is 0. The number of piperidine rings is 1. The van der Waals surface area contributed by atoms with Gasteiger partial charge in [-0.2, -0.15) is 18.3 Å². The second-order valence-corrected chi connectivity index (χ2v) is 9.43. The van der Waals surface area contributed by atoms with Crippen molar-refractivity contribution in [2.45, 2.75) is 32.0 Å². The molecule has 0 spiro atoms. The lowest BCUT2D eigenvalue weighted by Gasteiger charge is -2.22. The van der Waals surface area contributed by atoms with Crippen LogP contribution < -0.4 is 16.0 Å². The first kappa shape index (κ1) is 26.4. The minimum Gasteiger partial charge on any atom is -0.338 e. The van der Waals surface area contributed by atoms with E-state index in [1.54, 1.807) is 18.5 Å². The highest BCUT2D eigenvalue weighted by atomic mass is 19.4. The number of para-hydroxylation sites is 1. The van der Waals surface area contributed by atoms with Crippen LogP contribution >= 0.6 is 0 Å². The van der Waals surface area contributed by atoms with Gasteiger partial charge in [0.2, 0.25) is 0 Å². The second-order valence-electron chi connectivity index (χ2n) is 9.43. The summed E-state index contributed by atoms with van der Waals surface area (Å²) in [5.41, 5.74) is 1.57. The van der Waals surface area contributed by atoms with Crippen LogP contribution in [-0.2, 0) is 6.18 Å². The molecule has 0 aliphatic carbocycles. The summed E-state index contributed by atoms with van der Waals surface area (Å²) < 4.78 is 55.6. The molecule has 7 nitrogen and oxygen atoms in total. The lowest BCUT2D eigenvalue weighted by Crippen LogP contribution is -2.29. The van der Waals surface area contributed by atoms with Crippen molar-refractivity contribution in [1.29, 1.82) is 0 Å². The number of amides is 1. The van der Waals surface area contributed by atoms with Crippen LogP contribution in [0.3, 0.4) is 0 Å². The lowest BCUT2D eigenvalue weighted by molar-refractivity contribution is -0.137. The maximum Gasteiger partial charge on any atom is 0.416 e. The minimum absolute atomic E-state index is 0.216. The van der Waals surface area contributed by atoms with E-state index in [-0.39, 0.29) is 17.5 Å². The molecule has 39 heavy (non-hydrogen) atoms. The minimum atomic E-state index is -4.80. The third-order valence-electron chi connectivity index (χ3n) is 6.64. The van der Waals surface area contributed by atoms with Gasteiger partial charge >= 0.3 is 6.18 Å². The van der Waals surface area contributed by atoms with Gasteiger partial charge in [0.1, 0.15) is 5.82 Å². The zero-order valence-corrected chi connectivity index (χ0v) is 21.0. The van der Waals surface area contributed by atoms with E-state index >= 15 is 0 Å². The SMILES string of the molecule is Cc1ccccc1Nc1ncc(-c2cnn(C3CCNCC3)c2)cc1NC(=O)c1cc(F)cc(C(F)(F)F)c1. The number of anilines is 3. The molecule has 1 saturated heterocycles. The highest BCUT2D eigenvalue weighted by Gasteiger charge is 2.32. The number of hydrogen-bond acceptors (Lipinski definition) is 5. The largest absolute Gasteiger partial charge is 0.416 e. The number of benzene rings is 2. The average Bonchev–Trinajstić information content (AvgIpc) is 3.41. The molecule has 0 bridgehead atoms. The Labute approximate surface area is 222 Å². The predicted molar refractivity (Wildman–Crippen MR) is 140 cm³/mol. The quantitative estimate of drug-likeness (QED) is 0.250. The molecule has 4 aromatic rings. The van der Waals surface area contributed by atoms with Crippen LogP contribution in [0.15, 0.2) is 67.1 Å². The van der Waals surface area contributed by atoms with Gasteiger partial charge in [0.05, 0.1) is 23.5 Å². The van der Waals surface area contributed by atoms with Crippen LogP contribution in [0.4, 0.5) is 34.8 Å². The molecule has 2 aromatic heterocycles. The van der Waals surface area contributed by atoms with Crippen molar-refractivity contribution in [3.8, 4) is 11.1 Å². The van der Waals surface area contributed by atoms with E-state index in [4.69, 9.17) is 0 Å². The van der Waals surface area contributed by atoms with Crippen molar-refractivity contribution >= 4 is 23.1 Å². The maximum atomic E-state index is 14.0. The van der Waals surface area contributed by atoms with Crippen LogP contribution in [0.5, 0.6) is 0 Å². The second kappa shape index (κ2) is 10.9. The van der Waals surface area contributed by atoms with Crippen LogP contribution in [0, 0.1) is 12.7 Å². The molecule has 0 atom stereocenters. The number of pyridine rings is 1. The molecule has 0 radical (unpaired) electrons. The molecule has 11 heteroatoms. The number of aromatic nitrogens is 3. The normalized spacial score (nSPS) is 14.3. The first-order valence-electron chi connectivity index (χ1n) is 12.4. The highest BCUT2D eigenvalue weighted by Crippen LogP contribution is 2.33. The van der Waals surface area contributed by atoms with E-state index in [0.29, 0.717) is 17.7 Å². The van der Waals surface area contributed by atoms with Crippen LogP contribution in [0.1, 0.15) is 40.4 Å². The van der Waals surface area contributed by atoms with Gasteiger partial charge < -0.3 is 16.0 Å². The van der Waals surface area contributed by atoms with E-state index in [2.05, 4.69) is 26.0 Å². The molecule has 1 aliphatic rings. The van der Waals surface area contributed by atoms with Gasteiger partial charge in [-0.25, -0.2) is 9.37 Å². The van der Waals surface area contributed by atoms with Crippen molar-refractivity contribution < 1.29 is 22.4 Å². The summed E-state index contributed by atoms with van der Waals surface area (Å²) in [5, 5.41) is 13.6. The molecule has 0 saturated carbocycles. The summed E-state index contributed by atoms with van der Waals surface area (Å²) in [5.74, 6) is -1.79. The number of nitrogens with zero attached hydrogens (tertiary/aromatic N) is 3. The Morgan fingerprint density at radius 2 is 1.79 bits per heavy atom. The van der Waals surface area contributed by atoms with E-state index in [0.717, 1.165) is 48.8 Å². The molecule has 202 valence electrons. The fourth-order valence-electron chi connectivity index (χ4n) is 4.50. The average molecular weight is 539 g/mol. The summed E-state index contributed by atoms with van der Waals surface area (Å²) in [7, 11) is 0.